The van der Waals surface area contributed by atoms with Gasteiger partial charge in [-0.2, -0.15) is 0 Å². The monoisotopic (exact) mass is 353 g/mol. The Labute approximate surface area is 150 Å². The lowest BCUT2D eigenvalue weighted by Gasteiger charge is -2.08. The van der Waals surface area contributed by atoms with Crippen LogP contribution < -0.4 is 20.7 Å². The number of amides is 1. The topological polar surface area (TPSA) is 99.6 Å². The van der Waals surface area contributed by atoms with Gasteiger partial charge in [-0.3, -0.25) is 10.2 Å². The smallest absolute Gasteiger partial charge is 0.287 e. The maximum absolute atomic E-state index is 11.6. The van der Waals surface area contributed by atoms with Crippen LogP contribution in [0.5, 0.6) is 11.5 Å². The lowest BCUT2D eigenvalue weighted by Crippen LogP contribution is -2.30. The Morgan fingerprint density at radius 3 is 2.27 bits per heavy atom. The zero-order valence-corrected chi connectivity index (χ0v) is 14.3. The minimum atomic E-state index is -0.490. The molecule has 7 heteroatoms. The largest absolute Gasteiger partial charge is 0.490 e. The molecule has 3 aromatic rings. The molecule has 0 atom stereocenters. The van der Waals surface area contributed by atoms with Crippen LogP contribution in [-0.4, -0.2) is 24.3 Å². The van der Waals surface area contributed by atoms with Gasteiger partial charge in [-0.05, 0) is 43.3 Å². The number of carbonyl (C=O) groups excluding carboxylic acids is 1. The van der Waals surface area contributed by atoms with Crippen molar-refractivity contribution in [1.82, 2.24) is 10.6 Å². The average molecular weight is 353 g/mol. The summed E-state index contributed by atoms with van der Waals surface area (Å²) in [7, 11) is 0. The van der Waals surface area contributed by atoms with Gasteiger partial charge < -0.3 is 14.0 Å². The van der Waals surface area contributed by atoms with E-state index in [2.05, 4.69) is 5.16 Å². The first-order valence-corrected chi connectivity index (χ1v) is 8.07. The van der Waals surface area contributed by atoms with Crippen molar-refractivity contribution in [1.29, 1.82) is 0 Å². The third kappa shape index (κ3) is 4.01. The molecule has 26 heavy (non-hydrogen) atoms. The number of hydrogen-bond donors (Lipinski definition) is 2. The summed E-state index contributed by atoms with van der Waals surface area (Å²) in [6.45, 7) is 2.63. The van der Waals surface area contributed by atoms with Crippen molar-refractivity contribution in [2.45, 2.75) is 6.92 Å². The van der Waals surface area contributed by atoms with Crippen molar-refractivity contribution < 1.29 is 18.8 Å². The van der Waals surface area contributed by atoms with Crippen molar-refractivity contribution in [2.24, 2.45) is 5.84 Å². The number of para-hydroxylation sites is 1. The molecule has 0 radical (unpaired) electrons. The predicted octanol–water partition coefficient (Wildman–Crippen LogP) is 2.71. The summed E-state index contributed by atoms with van der Waals surface area (Å²) in [5, 5.41) is 3.76. The summed E-state index contributed by atoms with van der Waals surface area (Å²) in [6, 6.07) is 16.9. The van der Waals surface area contributed by atoms with E-state index >= 15 is 0 Å². The molecule has 7 nitrogen and oxygen atoms in total. The molecule has 0 unspecified atom stereocenters. The van der Waals surface area contributed by atoms with Crippen LogP contribution in [0.3, 0.4) is 0 Å². The molecule has 0 bridgehead atoms. The highest BCUT2D eigenvalue weighted by molar-refractivity contribution is 5.94. The number of nitrogens with zero attached hydrogens (tertiary/aromatic N) is 1. The van der Waals surface area contributed by atoms with Crippen LogP contribution in [0.25, 0.3) is 11.3 Å². The standard InChI is InChI=1S/C19H19N3O4/c1-13-17(19(23)21-20)22-26-18(13)14-7-9-16(10-8-14)25-12-11-24-15-5-3-2-4-6-15/h2-10H,11-12,20H2,1H3,(H,21,23). The fourth-order valence-electron chi connectivity index (χ4n) is 2.42. The molecule has 0 aliphatic heterocycles. The van der Waals surface area contributed by atoms with E-state index in [-0.39, 0.29) is 5.69 Å². The summed E-state index contributed by atoms with van der Waals surface area (Å²) in [5.41, 5.74) is 3.62. The molecule has 0 spiro atoms. The molecule has 1 heterocycles. The number of hydrazine groups is 1. The van der Waals surface area contributed by atoms with Crippen molar-refractivity contribution >= 4 is 5.91 Å². The minimum Gasteiger partial charge on any atom is -0.490 e. The van der Waals surface area contributed by atoms with E-state index in [9.17, 15) is 4.79 Å². The van der Waals surface area contributed by atoms with E-state index in [4.69, 9.17) is 19.8 Å². The molecule has 134 valence electrons. The Kier molecular flexibility index (Phi) is 5.50. The number of ether oxygens (including phenoxy) is 2. The van der Waals surface area contributed by atoms with Gasteiger partial charge in [0.2, 0.25) is 0 Å². The van der Waals surface area contributed by atoms with E-state index in [1.54, 1.807) is 6.92 Å². The van der Waals surface area contributed by atoms with Crippen molar-refractivity contribution in [3.05, 3.63) is 65.9 Å². The molecule has 3 rings (SSSR count). The Morgan fingerprint density at radius 2 is 1.65 bits per heavy atom. The number of benzene rings is 2. The second-order valence-corrected chi connectivity index (χ2v) is 5.49. The first-order valence-electron chi connectivity index (χ1n) is 8.07. The second kappa shape index (κ2) is 8.17. The van der Waals surface area contributed by atoms with Crippen LogP contribution in [0.1, 0.15) is 16.1 Å². The van der Waals surface area contributed by atoms with Gasteiger partial charge in [0.25, 0.3) is 5.91 Å². The van der Waals surface area contributed by atoms with Crippen molar-refractivity contribution in [3.63, 3.8) is 0 Å². The highest BCUT2D eigenvalue weighted by Gasteiger charge is 2.18. The van der Waals surface area contributed by atoms with Crippen LogP contribution in [0.4, 0.5) is 0 Å². The minimum absolute atomic E-state index is 0.167. The summed E-state index contributed by atoms with van der Waals surface area (Å²) < 4.78 is 16.5. The number of hydrogen-bond acceptors (Lipinski definition) is 6. The van der Waals surface area contributed by atoms with Gasteiger partial charge in [-0.1, -0.05) is 23.4 Å². The maximum Gasteiger partial charge on any atom is 0.287 e. The van der Waals surface area contributed by atoms with Crippen LogP contribution in [0.15, 0.2) is 59.1 Å². The lowest BCUT2D eigenvalue weighted by atomic mass is 10.1. The predicted molar refractivity (Wildman–Crippen MR) is 95.8 cm³/mol. The molecule has 0 aliphatic carbocycles. The fraction of sp³-hybridized carbons (Fsp3) is 0.158. The number of carbonyl (C=O) groups is 1. The number of rotatable bonds is 7. The first kappa shape index (κ1) is 17.5. The van der Waals surface area contributed by atoms with Crippen LogP contribution in [-0.2, 0) is 0 Å². The molecular weight excluding hydrogens is 334 g/mol. The summed E-state index contributed by atoms with van der Waals surface area (Å²) >= 11 is 0. The molecule has 0 saturated carbocycles. The Hall–Kier alpha value is -3.32. The Balaban J connectivity index is 1.57. The molecule has 0 saturated heterocycles. The SMILES string of the molecule is Cc1c(C(=O)NN)noc1-c1ccc(OCCOc2ccccc2)cc1. The normalized spacial score (nSPS) is 10.4. The molecule has 1 aromatic heterocycles. The molecule has 0 aliphatic rings. The van der Waals surface area contributed by atoms with Gasteiger partial charge >= 0.3 is 0 Å². The third-order valence-corrected chi connectivity index (χ3v) is 3.75. The van der Waals surface area contributed by atoms with Gasteiger partial charge in [0.1, 0.15) is 24.7 Å². The van der Waals surface area contributed by atoms with Gasteiger partial charge in [-0.15, -0.1) is 0 Å². The molecule has 2 aromatic carbocycles. The highest BCUT2D eigenvalue weighted by Crippen LogP contribution is 2.27. The van der Waals surface area contributed by atoms with Gasteiger partial charge in [0.05, 0.1) is 0 Å². The molecule has 1 amide bonds. The Bertz CT molecular complexity index is 860. The van der Waals surface area contributed by atoms with Gasteiger partial charge in [0.15, 0.2) is 11.5 Å². The van der Waals surface area contributed by atoms with E-state index in [1.807, 2.05) is 60.0 Å². The fourth-order valence-corrected chi connectivity index (χ4v) is 2.42. The quantitative estimate of drug-likeness (QED) is 0.293. The molecular formula is C19H19N3O4. The zero-order valence-electron chi connectivity index (χ0n) is 14.3. The van der Waals surface area contributed by atoms with Crippen molar-refractivity contribution in [3.8, 4) is 22.8 Å². The zero-order chi connectivity index (χ0) is 18.4. The summed E-state index contributed by atoms with van der Waals surface area (Å²) in [5.74, 6) is 6.67. The maximum atomic E-state index is 11.6. The van der Waals surface area contributed by atoms with Crippen molar-refractivity contribution in [2.75, 3.05) is 13.2 Å². The lowest BCUT2D eigenvalue weighted by molar-refractivity contribution is 0.0944. The van der Waals surface area contributed by atoms with E-state index in [0.717, 1.165) is 11.3 Å². The van der Waals surface area contributed by atoms with Crippen LogP contribution >= 0.6 is 0 Å². The Morgan fingerprint density at radius 1 is 1.04 bits per heavy atom. The third-order valence-electron chi connectivity index (χ3n) is 3.75. The van der Waals surface area contributed by atoms with E-state index in [1.165, 1.54) is 0 Å². The van der Waals surface area contributed by atoms with E-state index < -0.39 is 5.91 Å². The number of nitrogens with two attached hydrogens (primary N) is 1. The number of nitrogen functional groups attached to an aromatic ring is 1. The van der Waals surface area contributed by atoms with Crippen LogP contribution in [0.2, 0.25) is 0 Å². The summed E-state index contributed by atoms with van der Waals surface area (Å²) in [6.07, 6.45) is 0. The molecule has 3 N–H and O–H groups in total. The average Bonchev–Trinajstić information content (AvgIpc) is 3.07. The first-order chi connectivity index (χ1) is 12.7. The van der Waals surface area contributed by atoms with Crippen LogP contribution in [0, 0.1) is 6.92 Å². The summed E-state index contributed by atoms with van der Waals surface area (Å²) in [4.78, 5) is 11.6. The highest BCUT2D eigenvalue weighted by atomic mass is 16.5. The van der Waals surface area contributed by atoms with E-state index in [0.29, 0.717) is 30.3 Å². The second-order valence-electron chi connectivity index (χ2n) is 5.49. The number of nitrogens with one attached hydrogen (secondary N) is 1. The number of aromatic nitrogens is 1. The van der Waals surface area contributed by atoms with Gasteiger partial charge in [0, 0.05) is 11.1 Å². The molecule has 0 fully saturated rings. The van der Waals surface area contributed by atoms with Gasteiger partial charge in [-0.25, -0.2) is 5.84 Å².